The number of hydrogen-bond acceptors (Lipinski definition) is 5. The first-order valence-corrected chi connectivity index (χ1v) is 9.61. The molecule has 0 radical (unpaired) electrons. The van der Waals surface area contributed by atoms with Gasteiger partial charge in [-0.2, -0.15) is 0 Å². The summed E-state index contributed by atoms with van der Waals surface area (Å²) in [6.45, 7) is 1.85. The fourth-order valence-corrected chi connectivity index (χ4v) is 3.92. The van der Waals surface area contributed by atoms with Crippen molar-refractivity contribution in [1.82, 2.24) is 20.5 Å². The van der Waals surface area contributed by atoms with E-state index < -0.39 is 0 Å². The van der Waals surface area contributed by atoms with Crippen LogP contribution >= 0.6 is 11.8 Å². The van der Waals surface area contributed by atoms with Gasteiger partial charge in [0.25, 0.3) is 11.1 Å². The lowest BCUT2D eigenvalue weighted by Gasteiger charge is -2.27. The maximum atomic E-state index is 12.6. The van der Waals surface area contributed by atoms with E-state index in [1.165, 1.54) is 22.9 Å². The third-order valence-corrected chi connectivity index (χ3v) is 5.50. The van der Waals surface area contributed by atoms with E-state index in [9.17, 15) is 4.79 Å². The summed E-state index contributed by atoms with van der Waals surface area (Å²) < 4.78 is 5.62. The van der Waals surface area contributed by atoms with Gasteiger partial charge < -0.3 is 14.7 Å². The van der Waals surface area contributed by atoms with Gasteiger partial charge in [-0.3, -0.25) is 4.79 Å². The molecular weight excluding hydrogens is 348 g/mol. The van der Waals surface area contributed by atoms with Crippen LogP contribution in [0.4, 0.5) is 0 Å². The average Bonchev–Trinajstić information content (AvgIpc) is 3.33. The van der Waals surface area contributed by atoms with Gasteiger partial charge in [0.2, 0.25) is 5.91 Å². The number of hydrogen-bond donors (Lipinski definition) is 2. The van der Waals surface area contributed by atoms with Crippen molar-refractivity contribution in [2.45, 2.75) is 42.7 Å². The van der Waals surface area contributed by atoms with Crippen LogP contribution in [0.2, 0.25) is 0 Å². The summed E-state index contributed by atoms with van der Waals surface area (Å²) in [7, 11) is 0. The third kappa shape index (κ3) is 3.53. The van der Waals surface area contributed by atoms with Crippen LogP contribution in [0.3, 0.4) is 0 Å². The Bertz CT molecular complexity index is 891. The van der Waals surface area contributed by atoms with Crippen LogP contribution in [-0.4, -0.2) is 26.3 Å². The summed E-state index contributed by atoms with van der Waals surface area (Å²) in [5.74, 6) is 0.405. The zero-order valence-electron chi connectivity index (χ0n) is 14.4. The summed E-state index contributed by atoms with van der Waals surface area (Å²) in [5.41, 5.74) is 3.33. The molecule has 2 N–H and O–H groups in total. The molecule has 134 valence electrons. The van der Waals surface area contributed by atoms with Gasteiger partial charge in [-0.15, -0.1) is 10.2 Å². The van der Waals surface area contributed by atoms with Crippen molar-refractivity contribution in [2.24, 2.45) is 0 Å². The summed E-state index contributed by atoms with van der Waals surface area (Å²) in [6, 6.07) is 12.1. The highest BCUT2D eigenvalue weighted by molar-refractivity contribution is 8.00. The lowest BCUT2D eigenvalue weighted by molar-refractivity contribution is -0.121. The number of fused-ring (bicyclic) bond motifs is 1. The molecule has 7 heteroatoms. The Morgan fingerprint density at radius 1 is 1.31 bits per heavy atom. The minimum atomic E-state index is -0.318. The van der Waals surface area contributed by atoms with E-state index in [-0.39, 0.29) is 17.2 Å². The average molecular weight is 368 g/mol. The normalized spacial score (nSPS) is 17.5. The minimum absolute atomic E-state index is 0.0173. The van der Waals surface area contributed by atoms with E-state index in [1.54, 1.807) is 6.20 Å². The monoisotopic (exact) mass is 368 g/mol. The number of benzene rings is 1. The number of aromatic nitrogens is 3. The number of amides is 1. The molecule has 0 aliphatic heterocycles. The summed E-state index contributed by atoms with van der Waals surface area (Å²) in [5, 5.41) is 11.3. The van der Waals surface area contributed by atoms with Crippen LogP contribution in [-0.2, 0) is 11.2 Å². The Hall–Kier alpha value is -2.54. The van der Waals surface area contributed by atoms with Gasteiger partial charge in [-0.25, -0.2) is 0 Å². The molecule has 0 saturated carbocycles. The molecule has 26 heavy (non-hydrogen) atoms. The third-order valence-electron chi connectivity index (χ3n) is 4.57. The highest BCUT2D eigenvalue weighted by Crippen LogP contribution is 2.31. The molecule has 0 saturated heterocycles. The zero-order chi connectivity index (χ0) is 17.9. The van der Waals surface area contributed by atoms with E-state index >= 15 is 0 Å². The molecule has 0 spiro atoms. The predicted octanol–water partition coefficient (Wildman–Crippen LogP) is 3.74. The molecule has 6 nitrogen and oxygen atoms in total. The summed E-state index contributed by atoms with van der Waals surface area (Å²) in [6.07, 6.45) is 4.94. The van der Waals surface area contributed by atoms with E-state index in [4.69, 9.17) is 4.42 Å². The predicted molar refractivity (Wildman–Crippen MR) is 99.7 cm³/mol. The van der Waals surface area contributed by atoms with Gasteiger partial charge in [0.1, 0.15) is 5.69 Å². The molecule has 0 bridgehead atoms. The van der Waals surface area contributed by atoms with Gasteiger partial charge >= 0.3 is 0 Å². The Balaban J connectivity index is 1.40. The maximum absolute atomic E-state index is 12.6. The van der Waals surface area contributed by atoms with E-state index in [0.717, 1.165) is 25.0 Å². The number of aromatic amines is 1. The Morgan fingerprint density at radius 3 is 3.04 bits per heavy atom. The van der Waals surface area contributed by atoms with Gasteiger partial charge in [0.05, 0.1) is 11.3 Å². The van der Waals surface area contributed by atoms with E-state index in [0.29, 0.717) is 11.1 Å². The smallest absolute Gasteiger partial charge is 0.277 e. The first-order chi connectivity index (χ1) is 12.7. The number of nitrogens with zero attached hydrogens (tertiary/aromatic N) is 2. The van der Waals surface area contributed by atoms with Crippen LogP contribution in [0.1, 0.15) is 36.9 Å². The highest BCUT2D eigenvalue weighted by atomic mass is 32.2. The number of H-pyrrole nitrogens is 1. The van der Waals surface area contributed by atoms with E-state index in [2.05, 4.69) is 38.7 Å². The lowest BCUT2D eigenvalue weighted by atomic mass is 9.88. The molecule has 2 atom stereocenters. The number of carbonyl (C=O) groups is 1. The molecule has 3 aromatic rings. The number of rotatable bonds is 5. The number of nitrogens with one attached hydrogen (secondary N) is 2. The second kappa shape index (κ2) is 7.37. The molecule has 2 aromatic heterocycles. The minimum Gasteiger partial charge on any atom is -0.410 e. The SMILES string of the molecule is C[C@H](Sc1nnc(-c2ccc[nH]2)o1)C(=O)N[C@H]1CCCc2ccccc21. The Labute approximate surface area is 155 Å². The fraction of sp³-hybridized carbons (Fsp3) is 0.316. The summed E-state index contributed by atoms with van der Waals surface area (Å²) >= 11 is 1.27. The zero-order valence-corrected chi connectivity index (χ0v) is 15.3. The van der Waals surface area contributed by atoms with Crippen molar-refractivity contribution in [3.63, 3.8) is 0 Å². The lowest BCUT2D eigenvalue weighted by Crippen LogP contribution is -2.35. The van der Waals surface area contributed by atoms with Crippen molar-refractivity contribution < 1.29 is 9.21 Å². The van der Waals surface area contributed by atoms with Crippen molar-refractivity contribution in [3.8, 4) is 11.6 Å². The molecule has 1 aromatic carbocycles. The molecule has 4 rings (SSSR count). The largest absolute Gasteiger partial charge is 0.410 e. The van der Waals surface area contributed by atoms with Crippen molar-refractivity contribution in [3.05, 3.63) is 53.7 Å². The van der Waals surface area contributed by atoms with Crippen LogP contribution in [0.15, 0.2) is 52.2 Å². The second-order valence-corrected chi connectivity index (χ2v) is 7.66. The van der Waals surface area contributed by atoms with Crippen LogP contribution < -0.4 is 5.32 Å². The number of carbonyl (C=O) groups excluding carboxylic acids is 1. The quantitative estimate of drug-likeness (QED) is 0.670. The fourth-order valence-electron chi connectivity index (χ4n) is 3.23. The van der Waals surface area contributed by atoms with Crippen molar-refractivity contribution >= 4 is 17.7 Å². The molecule has 1 amide bonds. The van der Waals surface area contributed by atoms with Crippen LogP contribution in [0.25, 0.3) is 11.6 Å². The van der Waals surface area contributed by atoms with Gasteiger partial charge in [-0.05, 0) is 49.4 Å². The summed E-state index contributed by atoms with van der Waals surface area (Å²) in [4.78, 5) is 15.7. The highest BCUT2D eigenvalue weighted by Gasteiger charge is 2.25. The molecular formula is C19H20N4O2S. The Morgan fingerprint density at radius 2 is 2.19 bits per heavy atom. The molecule has 0 fully saturated rings. The van der Waals surface area contributed by atoms with Gasteiger partial charge in [0.15, 0.2) is 0 Å². The maximum Gasteiger partial charge on any atom is 0.277 e. The molecule has 1 aliphatic carbocycles. The van der Waals surface area contributed by atoms with Crippen LogP contribution in [0, 0.1) is 0 Å². The van der Waals surface area contributed by atoms with Crippen molar-refractivity contribution in [1.29, 1.82) is 0 Å². The first-order valence-electron chi connectivity index (χ1n) is 8.73. The van der Waals surface area contributed by atoms with Gasteiger partial charge in [0, 0.05) is 6.20 Å². The standard InChI is InChI=1S/C19H20N4O2S/c1-12(26-19-23-22-18(25-19)16-10-5-11-20-16)17(24)21-15-9-4-7-13-6-2-3-8-14(13)15/h2-3,5-6,8,10-12,15,20H,4,7,9H2,1H3,(H,21,24)/t12-,15-/m0/s1. The van der Waals surface area contributed by atoms with Crippen LogP contribution in [0.5, 0.6) is 0 Å². The number of thioether (sulfide) groups is 1. The van der Waals surface area contributed by atoms with Gasteiger partial charge in [-0.1, -0.05) is 36.0 Å². The number of aryl methyl sites for hydroxylation is 1. The topological polar surface area (TPSA) is 83.8 Å². The van der Waals surface area contributed by atoms with Crippen molar-refractivity contribution in [2.75, 3.05) is 0 Å². The Kier molecular flexibility index (Phi) is 4.79. The molecule has 1 aliphatic rings. The first kappa shape index (κ1) is 16.9. The van der Waals surface area contributed by atoms with E-state index in [1.807, 2.05) is 25.1 Å². The molecule has 0 unspecified atom stereocenters. The second-order valence-electron chi connectivity index (χ2n) is 6.37. The molecule has 2 heterocycles.